The van der Waals surface area contributed by atoms with E-state index in [0.29, 0.717) is 0 Å². The molecule has 0 saturated heterocycles. The molecule has 5 heavy (non-hydrogen) atoms. The molecule has 2 nitrogen and oxygen atoms in total. The van der Waals surface area contributed by atoms with Gasteiger partial charge in [0, 0.05) is 5.26 Å². The second kappa shape index (κ2) is 3.50. The molecule has 0 heterocycles. The van der Waals surface area contributed by atoms with Gasteiger partial charge in [0.15, 0.2) is 0 Å². The molecule has 29 valence electrons. The minimum absolute atomic E-state index is 1.07. The Balaban J connectivity index is 2.62. The first-order valence-corrected chi connectivity index (χ1v) is 1.31. The van der Waals surface area contributed by atoms with Crippen molar-refractivity contribution < 1.29 is 10.1 Å². The van der Waals surface area contributed by atoms with E-state index in [-0.39, 0.29) is 0 Å². The third-order valence-electron chi connectivity index (χ3n) is 0.192. The molecular weight excluding hydrogens is 68.0 g/mol. The van der Waals surface area contributed by atoms with Crippen LogP contribution >= 0.6 is 0 Å². The summed E-state index contributed by atoms with van der Waals surface area (Å²) in [6, 6.07) is 0. The van der Waals surface area contributed by atoms with Crippen LogP contribution in [0.15, 0.2) is 12.3 Å². The van der Waals surface area contributed by atoms with Crippen molar-refractivity contribution in [1.29, 1.82) is 0 Å². The van der Waals surface area contributed by atoms with Gasteiger partial charge in [-0.25, -0.2) is 0 Å². The Hall–Kier alpha value is -0.500. The zero-order valence-electron chi connectivity index (χ0n) is 2.97. The Morgan fingerprint density at radius 2 is 2.40 bits per heavy atom. The maximum absolute atomic E-state index is 8.94. The van der Waals surface area contributed by atoms with Crippen LogP contribution in [0.2, 0.25) is 0 Å². The summed E-state index contributed by atoms with van der Waals surface area (Å²) in [6.45, 7) is 1.71. The molecule has 0 aromatic heterocycles. The van der Waals surface area contributed by atoms with Gasteiger partial charge in [-0.05, 0) is 13.0 Å². The predicted octanol–water partition coefficient (Wildman–Crippen LogP) is 0.882. The zero-order chi connectivity index (χ0) is 4.12. The number of hydrogen-bond donors (Lipinski definition) is 0. The van der Waals surface area contributed by atoms with Crippen molar-refractivity contribution in [3.05, 3.63) is 12.3 Å². The largest absolute Gasteiger partial charge is 0.314 e. The summed E-state index contributed by atoms with van der Waals surface area (Å²) in [6.07, 6.45) is 2.59. The molecule has 0 bridgehead atoms. The van der Waals surface area contributed by atoms with Crippen LogP contribution in [0.3, 0.4) is 0 Å². The molecule has 0 aromatic carbocycles. The van der Waals surface area contributed by atoms with Crippen LogP contribution in [0, 0.1) is 0 Å². The smallest absolute Gasteiger partial charge is 0.128 e. The van der Waals surface area contributed by atoms with Crippen molar-refractivity contribution in [3.8, 4) is 0 Å². The third-order valence-corrected chi connectivity index (χ3v) is 0.192. The van der Waals surface area contributed by atoms with Gasteiger partial charge in [-0.2, -0.15) is 0 Å². The highest BCUT2D eigenvalue weighted by Crippen LogP contribution is 1.64. The number of allylic oxidation sites excluding steroid dienone is 1. The Morgan fingerprint density at radius 1 is 1.80 bits per heavy atom. The van der Waals surface area contributed by atoms with Crippen LogP contribution in [0.25, 0.3) is 0 Å². The summed E-state index contributed by atoms with van der Waals surface area (Å²) >= 11 is 0. The van der Waals surface area contributed by atoms with Gasteiger partial charge in [-0.15, -0.1) is 0 Å². The van der Waals surface area contributed by atoms with Crippen molar-refractivity contribution in [2.45, 2.75) is 6.92 Å². The van der Waals surface area contributed by atoms with Crippen LogP contribution in [-0.4, -0.2) is 0 Å². The highest BCUT2D eigenvalue weighted by Gasteiger charge is 1.52. The first-order chi connectivity index (χ1) is 2.41. The van der Waals surface area contributed by atoms with Crippen molar-refractivity contribution >= 4 is 0 Å². The van der Waals surface area contributed by atoms with E-state index < -0.39 is 0 Å². The summed E-state index contributed by atoms with van der Waals surface area (Å²) in [4.78, 5) is 3.26. The molecule has 0 unspecified atom stereocenters. The van der Waals surface area contributed by atoms with Gasteiger partial charge < -0.3 is 4.89 Å². The highest BCUT2D eigenvalue weighted by atomic mass is 17.1. The van der Waals surface area contributed by atoms with E-state index in [2.05, 4.69) is 4.89 Å². The summed E-state index contributed by atoms with van der Waals surface area (Å²) in [5, 5.41) is 8.94. The number of rotatable bonds is 1. The lowest BCUT2D eigenvalue weighted by Crippen LogP contribution is -1.55. The van der Waals surface area contributed by atoms with E-state index in [4.69, 9.17) is 5.26 Å². The van der Waals surface area contributed by atoms with Crippen LogP contribution in [0.4, 0.5) is 0 Å². The Bertz CT molecular complexity index is 31.9. The monoisotopic (exact) mass is 73.0 g/mol. The first-order valence-electron chi connectivity index (χ1n) is 1.31. The van der Waals surface area contributed by atoms with Gasteiger partial charge in [0.05, 0.1) is 0 Å². The molecule has 0 aliphatic heterocycles. The minimum Gasteiger partial charge on any atom is -0.314 e. The van der Waals surface area contributed by atoms with E-state index in [1.165, 1.54) is 6.08 Å². The Morgan fingerprint density at radius 3 is 2.40 bits per heavy atom. The molecule has 0 aliphatic rings. The average Bonchev–Trinajstić information content (AvgIpc) is 1.41. The lowest BCUT2D eigenvalue weighted by molar-refractivity contribution is -0.254. The average molecular weight is 73.1 g/mol. The molecule has 0 N–H and O–H groups in total. The van der Waals surface area contributed by atoms with Gasteiger partial charge in [-0.3, -0.25) is 0 Å². The molecule has 0 spiro atoms. The summed E-state index contributed by atoms with van der Waals surface area (Å²) < 4.78 is 0. The fourth-order valence-electron chi connectivity index (χ4n) is 0.0556. The van der Waals surface area contributed by atoms with Crippen LogP contribution in [0.5, 0.6) is 0 Å². The standard InChI is InChI=1S/C3H5O2/c1-2-3-5-4/h2-3H,1H3. The quantitative estimate of drug-likeness (QED) is 0.257. The molecule has 0 atom stereocenters. The van der Waals surface area contributed by atoms with Gasteiger partial charge in [0.2, 0.25) is 0 Å². The van der Waals surface area contributed by atoms with Crippen molar-refractivity contribution in [3.63, 3.8) is 0 Å². The number of hydrogen-bond acceptors (Lipinski definition) is 1. The molecule has 2 heteroatoms. The lowest BCUT2D eigenvalue weighted by atomic mass is 10.7. The maximum Gasteiger partial charge on any atom is 0.128 e. The van der Waals surface area contributed by atoms with Gasteiger partial charge >= 0.3 is 0 Å². The summed E-state index contributed by atoms with van der Waals surface area (Å²) in [5.74, 6) is 0. The van der Waals surface area contributed by atoms with Crippen molar-refractivity contribution in [2.75, 3.05) is 0 Å². The molecule has 0 fully saturated rings. The van der Waals surface area contributed by atoms with Crippen LogP contribution < -0.4 is 0 Å². The predicted molar refractivity (Wildman–Crippen MR) is 16.6 cm³/mol. The molecule has 0 saturated carbocycles. The molecular formula is C3H5O2. The Kier molecular flexibility index (Phi) is 3.15. The molecule has 0 aromatic rings. The van der Waals surface area contributed by atoms with E-state index in [1.807, 2.05) is 0 Å². The molecule has 0 amide bonds. The second-order valence-corrected chi connectivity index (χ2v) is 0.566. The molecule has 0 rings (SSSR count). The van der Waals surface area contributed by atoms with E-state index in [9.17, 15) is 0 Å². The molecule has 1 radical (unpaired) electrons. The van der Waals surface area contributed by atoms with Crippen molar-refractivity contribution in [1.82, 2.24) is 0 Å². The molecule has 0 aliphatic carbocycles. The van der Waals surface area contributed by atoms with E-state index in [0.717, 1.165) is 6.26 Å². The van der Waals surface area contributed by atoms with Crippen LogP contribution in [-0.2, 0) is 10.1 Å². The first kappa shape index (κ1) is 4.50. The fraction of sp³-hybridized carbons (Fsp3) is 0.333. The van der Waals surface area contributed by atoms with Crippen molar-refractivity contribution in [2.24, 2.45) is 0 Å². The normalized spacial score (nSPS) is 9.20. The minimum atomic E-state index is 1.07. The van der Waals surface area contributed by atoms with Gasteiger partial charge in [-0.1, -0.05) is 0 Å². The Labute approximate surface area is 30.6 Å². The summed E-state index contributed by atoms with van der Waals surface area (Å²) in [5.41, 5.74) is 0. The summed E-state index contributed by atoms with van der Waals surface area (Å²) in [7, 11) is 0. The van der Waals surface area contributed by atoms with E-state index >= 15 is 0 Å². The zero-order valence-corrected chi connectivity index (χ0v) is 2.97. The topological polar surface area (TPSA) is 29.1 Å². The maximum atomic E-state index is 8.94. The third kappa shape index (κ3) is 3.50. The van der Waals surface area contributed by atoms with Gasteiger partial charge in [0.1, 0.15) is 6.26 Å². The lowest BCUT2D eigenvalue weighted by Gasteiger charge is -1.67. The van der Waals surface area contributed by atoms with Crippen LogP contribution in [0.1, 0.15) is 6.92 Å². The van der Waals surface area contributed by atoms with E-state index in [1.54, 1.807) is 6.92 Å². The fourth-order valence-corrected chi connectivity index (χ4v) is 0.0556. The SMILES string of the molecule is CC=CO[O]. The second-order valence-electron chi connectivity index (χ2n) is 0.566. The van der Waals surface area contributed by atoms with Gasteiger partial charge in [0.25, 0.3) is 0 Å². The highest BCUT2D eigenvalue weighted by molar-refractivity contribution is 4.62.